The summed E-state index contributed by atoms with van der Waals surface area (Å²) in [6.07, 6.45) is 2.58. The maximum atomic E-state index is 12.1. The summed E-state index contributed by atoms with van der Waals surface area (Å²) in [5, 5.41) is 4.59. The maximum absolute atomic E-state index is 12.1. The molecule has 3 aromatic rings. The van der Waals surface area contributed by atoms with Crippen LogP contribution in [0.15, 0.2) is 47.4 Å². The maximum Gasteiger partial charge on any atom is 0.258 e. The van der Waals surface area contributed by atoms with Gasteiger partial charge in [-0.3, -0.25) is 9.20 Å². The molecule has 1 N–H and O–H groups in total. The van der Waals surface area contributed by atoms with Gasteiger partial charge >= 0.3 is 0 Å². The second-order valence-corrected chi connectivity index (χ2v) is 6.53. The van der Waals surface area contributed by atoms with Crippen LogP contribution >= 0.6 is 23.2 Å². The van der Waals surface area contributed by atoms with Crippen molar-refractivity contribution in [2.24, 2.45) is 0 Å². The van der Waals surface area contributed by atoms with Crippen LogP contribution in [-0.2, 0) is 13.0 Å². The lowest BCUT2D eigenvalue weighted by atomic mass is 10.1. The van der Waals surface area contributed by atoms with Crippen LogP contribution in [0.25, 0.3) is 5.65 Å². The number of nitrogens with one attached hydrogen (secondary N) is 1. The summed E-state index contributed by atoms with van der Waals surface area (Å²) in [6.45, 7) is 3.21. The van der Waals surface area contributed by atoms with Crippen LogP contribution in [0.5, 0.6) is 0 Å². The number of aromatic nitrogens is 2. The summed E-state index contributed by atoms with van der Waals surface area (Å²) in [5.41, 5.74) is 3.38. The van der Waals surface area contributed by atoms with Gasteiger partial charge in [-0.15, -0.1) is 0 Å². The zero-order valence-electron chi connectivity index (χ0n) is 13.2. The van der Waals surface area contributed by atoms with Gasteiger partial charge in [0, 0.05) is 28.9 Å². The molecule has 3 rings (SSSR count). The molecule has 1 aromatic carbocycles. The van der Waals surface area contributed by atoms with Crippen LogP contribution in [0, 0.1) is 6.92 Å². The second-order valence-electron chi connectivity index (χ2n) is 5.68. The van der Waals surface area contributed by atoms with E-state index < -0.39 is 0 Å². The van der Waals surface area contributed by atoms with Crippen LogP contribution in [0.3, 0.4) is 0 Å². The Morgan fingerprint density at radius 2 is 2.00 bits per heavy atom. The van der Waals surface area contributed by atoms with E-state index in [0.29, 0.717) is 22.2 Å². The molecule has 0 atom stereocenters. The molecule has 4 nitrogen and oxygen atoms in total. The number of aryl methyl sites for hydroxylation is 1. The molecule has 0 aliphatic rings. The topological polar surface area (TPSA) is 46.4 Å². The van der Waals surface area contributed by atoms with E-state index in [4.69, 9.17) is 23.2 Å². The summed E-state index contributed by atoms with van der Waals surface area (Å²) in [5.74, 6) is 0. The second kappa shape index (κ2) is 7.34. The van der Waals surface area contributed by atoms with E-state index in [2.05, 4.69) is 10.3 Å². The number of hydrogen-bond donors (Lipinski definition) is 1. The zero-order chi connectivity index (χ0) is 17.1. The molecular weight excluding hydrogens is 345 g/mol. The van der Waals surface area contributed by atoms with Gasteiger partial charge in [-0.05, 0) is 49.2 Å². The fourth-order valence-corrected chi connectivity index (χ4v) is 3.02. The SMILES string of the molecule is Cc1ccc2nc(CNCCc3ccc(Cl)cc3Cl)cc(=O)n2c1. The van der Waals surface area contributed by atoms with Crippen molar-refractivity contribution in [3.63, 3.8) is 0 Å². The highest BCUT2D eigenvalue weighted by atomic mass is 35.5. The molecule has 0 saturated carbocycles. The quantitative estimate of drug-likeness (QED) is 0.705. The average Bonchev–Trinajstić information content (AvgIpc) is 2.54. The molecule has 0 unspecified atom stereocenters. The van der Waals surface area contributed by atoms with Crippen LogP contribution in [0.4, 0.5) is 0 Å². The van der Waals surface area contributed by atoms with Gasteiger partial charge in [-0.2, -0.15) is 0 Å². The monoisotopic (exact) mass is 361 g/mol. The molecule has 124 valence electrons. The minimum absolute atomic E-state index is 0.0683. The molecule has 2 heterocycles. The minimum atomic E-state index is -0.0683. The third kappa shape index (κ3) is 3.96. The first-order valence-corrected chi connectivity index (χ1v) is 8.42. The van der Waals surface area contributed by atoms with Crippen molar-refractivity contribution >= 4 is 28.8 Å². The van der Waals surface area contributed by atoms with Crippen LogP contribution < -0.4 is 10.9 Å². The van der Waals surface area contributed by atoms with Crippen molar-refractivity contribution in [2.75, 3.05) is 6.54 Å². The van der Waals surface area contributed by atoms with Gasteiger partial charge in [-0.25, -0.2) is 4.98 Å². The van der Waals surface area contributed by atoms with Gasteiger partial charge in [-0.1, -0.05) is 35.3 Å². The third-order valence-corrected chi connectivity index (χ3v) is 4.34. The molecular formula is C18H17Cl2N3O. The first kappa shape index (κ1) is 17.0. The fraction of sp³-hybridized carbons (Fsp3) is 0.222. The summed E-state index contributed by atoms with van der Waals surface area (Å²) in [7, 11) is 0. The number of fused-ring (bicyclic) bond motifs is 1. The largest absolute Gasteiger partial charge is 0.311 e. The lowest BCUT2D eigenvalue weighted by molar-refractivity contribution is 0.673. The van der Waals surface area contributed by atoms with Crippen LogP contribution in [-0.4, -0.2) is 15.9 Å². The standard InChI is InChI=1S/C18H17Cl2N3O/c1-12-2-5-17-22-15(9-18(24)23(17)11-12)10-21-7-6-13-3-4-14(19)8-16(13)20/h2-5,8-9,11,21H,6-7,10H2,1H3. The predicted octanol–water partition coefficient (Wildman–Crippen LogP) is 3.64. The highest BCUT2D eigenvalue weighted by Gasteiger charge is 2.04. The van der Waals surface area contributed by atoms with E-state index in [1.54, 1.807) is 22.7 Å². The number of halogens is 2. The van der Waals surface area contributed by atoms with E-state index in [0.717, 1.165) is 29.8 Å². The van der Waals surface area contributed by atoms with Crippen molar-refractivity contribution in [3.8, 4) is 0 Å². The Hall–Kier alpha value is -1.88. The number of hydrogen-bond acceptors (Lipinski definition) is 3. The molecule has 24 heavy (non-hydrogen) atoms. The van der Waals surface area contributed by atoms with E-state index in [-0.39, 0.29) is 5.56 Å². The molecule has 0 radical (unpaired) electrons. The molecule has 0 saturated heterocycles. The highest BCUT2D eigenvalue weighted by molar-refractivity contribution is 6.35. The Kier molecular flexibility index (Phi) is 5.19. The van der Waals surface area contributed by atoms with Crippen molar-refractivity contribution < 1.29 is 0 Å². The van der Waals surface area contributed by atoms with Gasteiger partial charge < -0.3 is 5.32 Å². The van der Waals surface area contributed by atoms with Gasteiger partial charge in [0.1, 0.15) is 5.65 Å². The molecule has 0 spiro atoms. The molecule has 0 fully saturated rings. The van der Waals surface area contributed by atoms with Crippen molar-refractivity contribution in [1.82, 2.24) is 14.7 Å². The van der Waals surface area contributed by atoms with Crippen LogP contribution in [0.1, 0.15) is 16.8 Å². The predicted molar refractivity (Wildman–Crippen MR) is 98.1 cm³/mol. The van der Waals surface area contributed by atoms with Gasteiger partial charge in [0.15, 0.2) is 0 Å². The van der Waals surface area contributed by atoms with E-state index in [1.165, 1.54) is 0 Å². The summed E-state index contributed by atoms with van der Waals surface area (Å²) in [6, 6.07) is 10.9. The molecule has 6 heteroatoms. The summed E-state index contributed by atoms with van der Waals surface area (Å²) in [4.78, 5) is 16.7. The van der Waals surface area contributed by atoms with Crippen molar-refractivity contribution in [3.05, 3.63) is 79.8 Å². The van der Waals surface area contributed by atoms with Crippen molar-refractivity contribution in [1.29, 1.82) is 0 Å². The zero-order valence-corrected chi connectivity index (χ0v) is 14.7. The Labute approximate surface area is 150 Å². The van der Waals surface area contributed by atoms with Gasteiger partial charge in [0.25, 0.3) is 5.56 Å². The van der Waals surface area contributed by atoms with Crippen LogP contribution in [0.2, 0.25) is 10.0 Å². The van der Waals surface area contributed by atoms with E-state index in [1.807, 2.05) is 31.2 Å². The Balaban J connectivity index is 1.63. The summed E-state index contributed by atoms with van der Waals surface area (Å²) >= 11 is 12.0. The Morgan fingerprint density at radius 1 is 1.17 bits per heavy atom. The molecule has 2 aromatic heterocycles. The lowest BCUT2D eigenvalue weighted by Gasteiger charge is -2.08. The fourth-order valence-electron chi connectivity index (χ4n) is 2.51. The molecule has 0 aliphatic heterocycles. The molecule has 0 amide bonds. The normalized spacial score (nSPS) is 11.1. The average molecular weight is 362 g/mol. The smallest absolute Gasteiger partial charge is 0.258 e. The number of rotatable bonds is 5. The lowest BCUT2D eigenvalue weighted by Crippen LogP contribution is -2.21. The van der Waals surface area contributed by atoms with E-state index in [9.17, 15) is 4.79 Å². The number of pyridine rings is 1. The van der Waals surface area contributed by atoms with E-state index >= 15 is 0 Å². The van der Waals surface area contributed by atoms with Crippen molar-refractivity contribution in [2.45, 2.75) is 19.9 Å². The highest BCUT2D eigenvalue weighted by Crippen LogP contribution is 2.21. The Bertz CT molecular complexity index is 937. The third-order valence-electron chi connectivity index (χ3n) is 3.75. The minimum Gasteiger partial charge on any atom is -0.311 e. The Morgan fingerprint density at radius 3 is 2.79 bits per heavy atom. The first-order valence-electron chi connectivity index (χ1n) is 7.66. The molecule has 0 bridgehead atoms. The number of nitrogens with zero attached hydrogens (tertiary/aromatic N) is 2. The number of benzene rings is 1. The van der Waals surface area contributed by atoms with Gasteiger partial charge in [0.2, 0.25) is 0 Å². The summed E-state index contributed by atoms with van der Waals surface area (Å²) < 4.78 is 1.56. The first-order chi connectivity index (χ1) is 11.5. The van der Waals surface area contributed by atoms with Gasteiger partial charge in [0.05, 0.1) is 5.69 Å². The molecule has 0 aliphatic carbocycles.